The normalized spacial score (nSPS) is 12.3. The van der Waals surface area contributed by atoms with Crippen LogP contribution in [0.25, 0.3) is 16.9 Å². The number of nitrogens with zero attached hydrogens (tertiary/aromatic N) is 3. The fourth-order valence-electron chi connectivity index (χ4n) is 3.14. The lowest BCUT2D eigenvalue weighted by atomic mass is 10.1. The van der Waals surface area contributed by atoms with Gasteiger partial charge in [0.2, 0.25) is 0 Å². The molecule has 0 fully saturated rings. The third-order valence-electron chi connectivity index (χ3n) is 4.89. The van der Waals surface area contributed by atoms with Crippen molar-refractivity contribution in [1.29, 1.82) is 0 Å². The molecule has 0 spiro atoms. The number of aromatic nitrogens is 3. The maximum absolute atomic E-state index is 13.7. The van der Waals surface area contributed by atoms with Gasteiger partial charge in [0.25, 0.3) is 11.8 Å². The molecule has 8 nitrogen and oxygen atoms in total. The Hall–Kier alpha value is -3.83. The average molecular weight is 538 g/mol. The van der Waals surface area contributed by atoms with E-state index in [0.717, 1.165) is 12.1 Å². The van der Waals surface area contributed by atoms with Crippen LogP contribution in [0.1, 0.15) is 23.1 Å². The molecular formula is C23H16Cl2F3N5O3. The van der Waals surface area contributed by atoms with E-state index >= 15 is 0 Å². The highest BCUT2D eigenvalue weighted by molar-refractivity contribution is 6.34. The Kier molecular flexibility index (Phi) is 7.04. The molecule has 0 aliphatic carbocycles. The molecule has 4 aromatic rings. The van der Waals surface area contributed by atoms with Crippen LogP contribution >= 0.6 is 23.2 Å². The number of benzene rings is 2. The first-order valence-corrected chi connectivity index (χ1v) is 11.0. The van der Waals surface area contributed by atoms with E-state index in [0.29, 0.717) is 15.1 Å². The summed E-state index contributed by atoms with van der Waals surface area (Å²) in [6, 6.07) is 14.6. The second-order valence-electron chi connectivity index (χ2n) is 7.47. The van der Waals surface area contributed by atoms with E-state index in [1.807, 2.05) is 0 Å². The fourth-order valence-corrected chi connectivity index (χ4v) is 3.46. The highest BCUT2D eigenvalue weighted by Gasteiger charge is 2.35. The monoisotopic (exact) mass is 537 g/mol. The number of hydrogen-bond acceptors (Lipinski definition) is 5. The first kappa shape index (κ1) is 25.3. The minimum atomic E-state index is -4.77. The van der Waals surface area contributed by atoms with Gasteiger partial charge in [0.15, 0.2) is 23.1 Å². The first-order chi connectivity index (χ1) is 17.0. The molecule has 0 saturated carbocycles. The van der Waals surface area contributed by atoms with Crippen LogP contribution in [0.5, 0.6) is 5.75 Å². The van der Waals surface area contributed by atoms with Crippen LogP contribution in [0.3, 0.4) is 0 Å². The number of nitrogens with one attached hydrogen (secondary N) is 2. The number of carbonyl (C=O) groups excluding carboxylic acids is 2. The molecule has 2 aromatic heterocycles. The molecule has 36 heavy (non-hydrogen) atoms. The lowest BCUT2D eigenvalue weighted by molar-refractivity contribution is -0.142. The van der Waals surface area contributed by atoms with Gasteiger partial charge >= 0.3 is 6.18 Å². The zero-order valence-corrected chi connectivity index (χ0v) is 19.8. The number of rotatable bonds is 5. The van der Waals surface area contributed by atoms with E-state index in [4.69, 9.17) is 27.9 Å². The van der Waals surface area contributed by atoms with Crippen LogP contribution in [-0.2, 0) is 11.0 Å². The van der Waals surface area contributed by atoms with E-state index in [1.54, 1.807) is 36.4 Å². The summed E-state index contributed by atoms with van der Waals surface area (Å²) in [6.45, 7) is 1.40. The van der Waals surface area contributed by atoms with Gasteiger partial charge in [0.1, 0.15) is 5.75 Å². The summed E-state index contributed by atoms with van der Waals surface area (Å²) in [5.74, 6) is -1.57. The number of hydrazine groups is 1. The van der Waals surface area contributed by atoms with Crippen LogP contribution in [0.2, 0.25) is 10.0 Å². The van der Waals surface area contributed by atoms with Crippen molar-refractivity contribution >= 4 is 40.7 Å². The second-order valence-corrected chi connectivity index (χ2v) is 8.31. The Bertz CT molecular complexity index is 1440. The molecule has 0 aliphatic rings. The average Bonchev–Trinajstić information content (AvgIpc) is 3.28. The zero-order valence-electron chi connectivity index (χ0n) is 18.3. The number of carbonyl (C=O) groups is 2. The molecule has 0 bridgehead atoms. The van der Waals surface area contributed by atoms with E-state index in [1.165, 1.54) is 19.1 Å². The van der Waals surface area contributed by atoms with Crippen LogP contribution in [0.15, 0.2) is 60.7 Å². The van der Waals surface area contributed by atoms with Gasteiger partial charge in [0, 0.05) is 22.7 Å². The van der Waals surface area contributed by atoms with Gasteiger partial charge in [0.05, 0.1) is 10.7 Å². The third kappa shape index (κ3) is 5.52. The van der Waals surface area contributed by atoms with Crippen molar-refractivity contribution in [2.45, 2.75) is 19.2 Å². The van der Waals surface area contributed by atoms with Crippen molar-refractivity contribution in [1.82, 2.24) is 25.4 Å². The van der Waals surface area contributed by atoms with Crippen molar-refractivity contribution in [3.8, 4) is 17.0 Å². The molecule has 2 heterocycles. The fraction of sp³-hybridized carbons (Fsp3) is 0.130. The van der Waals surface area contributed by atoms with E-state index in [-0.39, 0.29) is 22.1 Å². The van der Waals surface area contributed by atoms with Crippen LogP contribution < -0.4 is 15.6 Å². The molecule has 0 radical (unpaired) electrons. The number of amides is 2. The SMILES string of the molecule is C[C@H](Oc1cc(Cl)ccc1Cl)C(=O)NNC(=O)c1cc2nc(-c3ccccc3)cc(C(F)(F)F)n2n1. The molecule has 1 atom stereocenters. The molecule has 0 saturated heterocycles. The molecule has 186 valence electrons. The third-order valence-corrected chi connectivity index (χ3v) is 5.43. The van der Waals surface area contributed by atoms with Crippen molar-refractivity contribution in [2.24, 2.45) is 0 Å². The molecule has 0 aliphatic heterocycles. The quantitative estimate of drug-likeness (QED) is 0.351. The lowest BCUT2D eigenvalue weighted by Gasteiger charge is -2.16. The summed E-state index contributed by atoms with van der Waals surface area (Å²) in [5, 5.41) is 4.29. The smallest absolute Gasteiger partial charge is 0.433 e. The molecule has 2 N–H and O–H groups in total. The van der Waals surface area contributed by atoms with Crippen molar-refractivity contribution in [3.05, 3.63) is 82.1 Å². The summed E-state index contributed by atoms with van der Waals surface area (Å²) >= 11 is 11.9. The number of ether oxygens (including phenoxy) is 1. The molecule has 4 rings (SSSR count). The zero-order chi connectivity index (χ0) is 26.0. The summed E-state index contributed by atoms with van der Waals surface area (Å²) in [6.07, 6.45) is -5.87. The Morgan fingerprint density at radius 3 is 2.44 bits per heavy atom. The standard InChI is InChI=1S/C23H16Cl2F3N5O3/c1-12(36-18-9-14(24)7-8-15(18)25)21(34)30-31-22(35)17-11-20-29-16(13-5-3-2-4-6-13)10-19(23(26,27)28)33(20)32-17/h2-12H,1H3,(H,30,34)(H,31,35)/t12-/m0/s1. The van der Waals surface area contributed by atoms with Gasteiger partial charge < -0.3 is 4.74 Å². The van der Waals surface area contributed by atoms with Gasteiger partial charge in [-0.3, -0.25) is 20.4 Å². The minimum Gasteiger partial charge on any atom is -0.479 e. The van der Waals surface area contributed by atoms with Gasteiger partial charge in [-0.2, -0.15) is 18.3 Å². The summed E-state index contributed by atoms with van der Waals surface area (Å²) in [4.78, 5) is 29.0. The van der Waals surface area contributed by atoms with Crippen molar-refractivity contribution in [2.75, 3.05) is 0 Å². The predicted octanol–water partition coefficient (Wildman–Crippen LogP) is 4.95. The van der Waals surface area contributed by atoms with Gasteiger partial charge in [-0.1, -0.05) is 53.5 Å². The topological polar surface area (TPSA) is 97.6 Å². The maximum Gasteiger partial charge on any atom is 0.433 e. The van der Waals surface area contributed by atoms with Gasteiger partial charge in [-0.05, 0) is 25.1 Å². The molecule has 0 unspecified atom stereocenters. The Balaban J connectivity index is 1.52. The second kappa shape index (κ2) is 10.0. The highest BCUT2D eigenvalue weighted by atomic mass is 35.5. The Labute approximate surface area is 212 Å². The largest absolute Gasteiger partial charge is 0.479 e. The van der Waals surface area contributed by atoms with Crippen LogP contribution in [0, 0.1) is 0 Å². The van der Waals surface area contributed by atoms with Crippen LogP contribution in [-0.4, -0.2) is 32.5 Å². The maximum atomic E-state index is 13.7. The highest BCUT2D eigenvalue weighted by Crippen LogP contribution is 2.32. The van der Waals surface area contributed by atoms with E-state index in [2.05, 4.69) is 20.9 Å². The number of hydrogen-bond donors (Lipinski definition) is 2. The lowest BCUT2D eigenvalue weighted by Crippen LogP contribution is -2.47. The molecule has 2 aromatic carbocycles. The van der Waals surface area contributed by atoms with Crippen molar-refractivity contribution < 1.29 is 27.5 Å². The molecular weight excluding hydrogens is 522 g/mol. The number of halogens is 5. The van der Waals surface area contributed by atoms with Gasteiger partial charge in [-0.25, -0.2) is 9.50 Å². The van der Waals surface area contributed by atoms with Crippen molar-refractivity contribution in [3.63, 3.8) is 0 Å². The first-order valence-electron chi connectivity index (χ1n) is 10.3. The Morgan fingerprint density at radius 2 is 1.75 bits per heavy atom. The summed E-state index contributed by atoms with van der Waals surface area (Å²) in [7, 11) is 0. The van der Waals surface area contributed by atoms with Gasteiger partial charge in [-0.15, -0.1) is 0 Å². The van der Waals surface area contributed by atoms with E-state index < -0.39 is 35.5 Å². The molecule has 13 heteroatoms. The number of alkyl halides is 3. The molecule has 2 amide bonds. The predicted molar refractivity (Wildman–Crippen MR) is 126 cm³/mol. The minimum absolute atomic E-state index is 0.0567. The Morgan fingerprint density at radius 1 is 1.03 bits per heavy atom. The van der Waals surface area contributed by atoms with Crippen LogP contribution in [0.4, 0.5) is 13.2 Å². The van der Waals surface area contributed by atoms with E-state index in [9.17, 15) is 22.8 Å². The summed E-state index contributed by atoms with van der Waals surface area (Å²) < 4.78 is 47.1. The summed E-state index contributed by atoms with van der Waals surface area (Å²) in [5.41, 5.74) is 3.02. The number of fused-ring (bicyclic) bond motifs is 1.